The van der Waals surface area contributed by atoms with Gasteiger partial charge in [-0.1, -0.05) is 55.5 Å². The Labute approximate surface area is 271 Å². The standard InChI is InChI=1S/C33H40N8O6/c1-19(28(42)29(34)43)37-31(45)25-16-22(41-26(17-36-39-41)33(2,3)47)18-40(25)32(46)24(15-20-9-5-4-6-10-20)38-30(44)23-13-7-11-21-12-8-14-35-27(21)23/h7-8,11-14,17,19-20,22,25,47H,4-6,9-10,15-16,18H2,1-3H3,(H2,34,43)(H,37,45)/t19?,22-,25-/m0/s1. The molecule has 0 bridgehead atoms. The van der Waals surface area contributed by atoms with Crippen molar-refractivity contribution in [3.8, 4) is 0 Å². The van der Waals surface area contributed by atoms with Crippen molar-refractivity contribution in [1.29, 1.82) is 0 Å². The van der Waals surface area contributed by atoms with Crippen molar-refractivity contribution in [1.82, 2.24) is 30.2 Å². The molecule has 248 valence electrons. The van der Waals surface area contributed by atoms with Gasteiger partial charge < -0.3 is 21.1 Å². The first-order chi connectivity index (χ1) is 22.3. The van der Waals surface area contributed by atoms with Crippen LogP contribution in [0, 0.1) is 5.92 Å². The monoisotopic (exact) mass is 644 g/mol. The molecule has 3 heterocycles. The Bertz CT molecular complexity index is 1720. The summed E-state index contributed by atoms with van der Waals surface area (Å²) in [5, 5.41) is 22.1. The van der Waals surface area contributed by atoms with E-state index >= 15 is 0 Å². The molecular formula is C33H40N8O6. The van der Waals surface area contributed by atoms with Crippen LogP contribution in [0.5, 0.6) is 0 Å². The molecule has 14 heteroatoms. The molecule has 4 N–H and O–H groups in total. The Hall–Kier alpha value is -4.85. The van der Waals surface area contributed by atoms with Crippen LogP contribution in [-0.2, 0) is 24.8 Å². The van der Waals surface area contributed by atoms with Gasteiger partial charge in [0.15, 0.2) is 0 Å². The molecule has 47 heavy (non-hydrogen) atoms. The molecule has 3 atom stereocenters. The lowest BCUT2D eigenvalue weighted by atomic mass is 9.85. The predicted molar refractivity (Wildman–Crippen MR) is 171 cm³/mol. The number of primary amides is 1. The molecular weight excluding hydrogens is 604 g/mol. The SMILES string of the molecule is CC(NC(=O)[C@@H]1C[C@H](n2nncc2C(C)(C)O)CN1C(=O)C(CC1CCCCC1)=NC(=O)c1cccc2cccnc12)C(=O)C(N)=O. The zero-order chi connectivity index (χ0) is 33.9. The lowest BCUT2D eigenvalue weighted by molar-refractivity contribution is -0.139. The first-order valence-corrected chi connectivity index (χ1v) is 15.9. The first-order valence-electron chi connectivity index (χ1n) is 15.9. The molecule has 4 amide bonds. The summed E-state index contributed by atoms with van der Waals surface area (Å²) in [6.45, 7) is 4.46. The minimum Gasteiger partial charge on any atom is -0.384 e. The maximum atomic E-state index is 14.5. The second-order valence-electron chi connectivity index (χ2n) is 12.9. The number of aromatic nitrogens is 4. The van der Waals surface area contributed by atoms with Crippen molar-refractivity contribution in [2.75, 3.05) is 6.54 Å². The molecule has 1 aliphatic heterocycles. The summed E-state index contributed by atoms with van der Waals surface area (Å²) in [4.78, 5) is 75.7. The highest BCUT2D eigenvalue weighted by Crippen LogP contribution is 2.33. The molecule has 1 unspecified atom stereocenters. The zero-order valence-corrected chi connectivity index (χ0v) is 26.8. The van der Waals surface area contributed by atoms with Gasteiger partial charge in [-0.25, -0.2) is 9.67 Å². The summed E-state index contributed by atoms with van der Waals surface area (Å²) in [7, 11) is 0. The van der Waals surface area contributed by atoms with E-state index in [0.717, 1.165) is 37.5 Å². The maximum Gasteiger partial charge on any atom is 0.287 e. The highest BCUT2D eigenvalue weighted by molar-refractivity contribution is 6.41. The molecule has 1 saturated carbocycles. The number of aliphatic hydroxyl groups is 1. The number of nitrogens with zero attached hydrogens (tertiary/aromatic N) is 6. The van der Waals surface area contributed by atoms with Crippen molar-refractivity contribution >= 4 is 46.0 Å². The number of ketones is 1. The minimum atomic E-state index is -1.33. The number of amides is 4. The summed E-state index contributed by atoms with van der Waals surface area (Å²) < 4.78 is 1.48. The lowest BCUT2D eigenvalue weighted by Gasteiger charge is -2.27. The Morgan fingerprint density at radius 3 is 2.53 bits per heavy atom. The van der Waals surface area contributed by atoms with E-state index in [1.807, 2.05) is 12.1 Å². The second kappa shape index (κ2) is 13.9. The van der Waals surface area contributed by atoms with E-state index in [4.69, 9.17) is 5.73 Å². The number of benzene rings is 1. The molecule has 5 rings (SSSR count). The number of pyridine rings is 1. The van der Waals surface area contributed by atoms with Crippen LogP contribution < -0.4 is 11.1 Å². The van der Waals surface area contributed by atoms with Gasteiger partial charge in [0.25, 0.3) is 17.7 Å². The molecule has 0 radical (unpaired) electrons. The lowest BCUT2D eigenvalue weighted by Crippen LogP contribution is -2.52. The fourth-order valence-corrected chi connectivity index (χ4v) is 6.47. The molecule has 0 spiro atoms. The number of hydrogen-bond acceptors (Lipinski definition) is 9. The Kier molecular flexibility index (Phi) is 9.89. The predicted octanol–water partition coefficient (Wildman–Crippen LogP) is 2.01. The van der Waals surface area contributed by atoms with Crippen LogP contribution in [0.4, 0.5) is 0 Å². The highest BCUT2D eigenvalue weighted by Gasteiger charge is 2.44. The Balaban J connectivity index is 1.52. The summed E-state index contributed by atoms with van der Waals surface area (Å²) in [6.07, 6.45) is 8.15. The van der Waals surface area contributed by atoms with Crippen molar-refractivity contribution in [3.05, 3.63) is 54.0 Å². The number of fused-ring (bicyclic) bond motifs is 1. The van der Waals surface area contributed by atoms with E-state index in [0.29, 0.717) is 11.2 Å². The van der Waals surface area contributed by atoms with Crippen LogP contribution in [0.25, 0.3) is 10.9 Å². The molecule has 14 nitrogen and oxygen atoms in total. The Morgan fingerprint density at radius 1 is 1.11 bits per heavy atom. The average molecular weight is 645 g/mol. The summed E-state index contributed by atoms with van der Waals surface area (Å²) in [5.74, 6) is -3.96. The third-order valence-electron chi connectivity index (χ3n) is 8.94. The number of nitrogens with two attached hydrogens (primary N) is 1. The molecule has 2 aliphatic rings. The number of carbonyl (C=O) groups excluding carboxylic acids is 5. The first kappa shape index (κ1) is 33.5. The van der Waals surface area contributed by atoms with E-state index in [-0.39, 0.29) is 36.6 Å². The van der Waals surface area contributed by atoms with E-state index in [2.05, 4.69) is 25.6 Å². The van der Waals surface area contributed by atoms with Crippen LogP contribution in [0.2, 0.25) is 0 Å². The molecule has 3 aromatic rings. The van der Waals surface area contributed by atoms with Gasteiger partial charge in [0.1, 0.15) is 17.4 Å². The van der Waals surface area contributed by atoms with Gasteiger partial charge >= 0.3 is 0 Å². The minimum absolute atomic E-state index is 0.0186. The van der Waals surface area contributed by atoms with Crippen LogP contribution in [0.3, 0.4) is 0 Å². The van der Waals surface area contributed by atoms with E-state index in [1.54, 1.807) is 38.2 Å². The maximum absolute atomic E-state index is 14.5. The van der Waals surface area contributed by atoms with E-state index in [9.17, 15) is 29.1 Å². The number of nitrogens with one attached hydrogen (secondary N) is 1. The number of carbonyl (C=O) groups is 5. The number of para-hydroxylation sites is 1. The molecule has 1 saturated heterocycles. The molecule has 1 aliphatic carbocycles. The number of likely N-dealkylation sites (tertiary alicyclic amines) is 1. The smallest absolute Gasteiger partial charge is 0.287 e. The van der Waals surface area contributed by atoms with Gasteiger partial charge in [0, 0.05) is 24.5 Å². The van der Waals surface area contributed by atoms with Crippen molar-refractivity contribution < 1.29 is 29.1 Å². The van der Waals surface area contributed by atoms with Gasteiger partial charge in [-0.15, -0.1) is 5.10 Å². The number of aliphatic imine (C=N–C) groups is 1. The fourth-order valence-electron chi connectivity index (χ4n) is 6.47. The topological polar surface area (TPSA) is 203 Å². The van der Waals surface area contributed by atoms with Crippen molar-refractivity contribution in [2.45, 2.75) is 89.4 Å². The second-order valence-corrected chi connectivity index (χ2v) is 12.9. The third kappa shape index (κ3) is 7.43. The normalized spacial score (nSPS) is 19.8. The van der Waals surface area contributed by atoms with Crippen molar-refractivity contribution in [3.63, 3.8) is 0 Å². The summed E-state index contributed by atoms with van der Waals surface area (Å²) >= 11 is 0. The van der Waals surface area contributed by atoms with Gasteiger partial charge in [-0.2, -0.15) is 0 Å². The largest absolute Gasteiger partial charge is 0.384 e. The Morgan fingerprint density at radius 2 is 1.83 bits per heavy atom. The van der Waals surface area contributed by atoms with Crippen LogP contribution in [0.1, 0.15) is 87.8 Å². The van der Waals surface area contributed by atoms with Crippen molar-refractivity contribution in [2.24, 2.45) is 16.6 Å². The molecule has 2 aromatic heterocycles. The van der Waals surface area contributed by atoms with Gasteiger partial charge in [-0.3, -0.25) is 29.0 Å². The average Bonchev–Trinajstić information content (AvgIpc) is 3.72. The van der Waals surface area contributed by atoms with Gasteiger partial charge in [0.2, 0.25) is 11.7 Å². The number of hydrogen-bond donors (Lipinski definition) is 3. The number of Topliss-reactive ketones (excluding diaryl/α,β-unsaturated/α-hetero) is 1. The fraction of sp³-hybridized carbons (Fsp3) is 0.485. The van der Waals surface area contributed by atoms with Crippen LogP contribution in [-0.4, -0.2) is 83.7 Å². The van der Waals surface area contributed by atoms with Gasteiger partial charge in [0.05, 0.1) is 35.1 Å². The number of rotatable bonds is 10. The molecule has 2 fully saturated rings. The van der Waals surface area contributed by atoms with E-state index in [1.165, 1.54) is 22.7 Å². The van der Waals surface area contributed by atoms with Gasteiger partial charge in [-0.05, 0) is 45.2 Å². The van der Waals surface area contributed by atoms with E-state index < -0.39 is 53.1 Å². The summed E-state index contributed by atoms with van der Waals surface area (Å²) in [5.41, 5.74) is 4.93. The highest BCUT2D eigenvalue weighted by atomic mass is 16.3. The van der Waals surface area contributed by atoms with Crippen LogP contribution >= 0.6 is 0 Å². The summed E-state index contributed by atoms with van der Waals surface area (Å²) in [6, 6.07) is 5.84. The quantitative estimate of drug-likeness (QED) is 0.218. The zero-order valence-electron chi connectivity index (χ0n) is 26.8. The third-order valence-corrected chi connectivity index (χ3v) is 8.94. The molecule has 1 aromatic carbocycles. The van der Waals surface area contributed by atoms with Crippen LogP contribution in [0.15, 0.2) is 47.7 Å².